The van der Waals surface area contributed by atoms with Gasteiger partial charge in [-0.1, -0.05) is 0 Å². The summed E-state index contributed by atoms with van der Waals surface area (Å²) in [6.45, 7) is 0.577. The van der Waals surface area contributed by atoms with Crippen LogP contribution in [0.4, 0.5) is 0 Å². The molecule has 1 atom stereocenters. The summed E-state index contributed by atoms with van der Waals surface area (Å²) in [5.74, 6) is 0.198. The molecule has 0 bridgehead atoms. The fourth-order valence-corrected chi connectivity index (χ4v) is 3.70. The zero-order valence-electron chi connectivity index (χ0n) is 13.8. The number of furan rings is 2. The lowest BCUT2D eigenvalue weighted by molar-refractivity contribution is -0.149. The molecule has 0 unspecified atom stereocenters. The number of hydrogen-bond acceptors (Lipinski definition) is 7. The van der Waals surface area contributed by atoms with Crippen LogP contribution < -0.4 is 0 Å². The molecule has 0 saturated carbocycles. The van der Waals surface area contributed by atoms with Crippen molar-refractivity contribution in [2.24, 2.45) is 0 Å². The number of hydrogen-bond donors (Lipinski definition) is 0. The average Bonchev–Trinajstić information content (AvgIpc) is 3.44. The molecule has 1 aliphatic rings. The Labute approximate surface area is 153 Å². The van der Waals surface area contributed by atoms with Crippen LogP contribution in [0.1, 0.15) is 29.1 Å². The molecule has 0 aliphatic carbocycles. The van der Waals surface area contributed by atoms with Crippen LogP contribution in [-0.2, 0) is 16.1 Å². The lowest BCUT2D eigenvalue weighted by Crippen LogP contribution is -2.41. The maximum atomic E-state index is 12.4. The maximum Gasteiger partial charge on any atom is 0.329 e. The molecule has 4 rings (SSSR count). The minimum Gasteiger partial charge on any atom is -0.462 e. The van der Waals surface area contributed by atoms with Crippen LogP contribution in [0.5, 0.6) is 0 Å². The second-order valence-corrected chi connectivity index (χ2v) is 6.72. The summed E-state index contributed by atoms with van der Waals surface area (Å²) in [6, 6.07) is 6.27. The molecule has 0 aromatic carbocycles. The van der Waals surface area contributed by atoms with Crippen LogP contribution in [0.25, 0.3) is 10.8 Å². The third kappa shape index (κ3) is 3.28. The zero-order valence-corrected chi connectivity index (χ0v) is 14.6. The third-order valence-corrected chi connectivity index (χ3v) is 5.07. The second-order valence-electron chi connectivity index (χ2n) is 5.86. The van der Waals surface area contributed by atoms with Gasteiger partial charge < -0.3 is 18.5 Å². The summed E-state index contributed by atoms with van der Waals surface area (Å²) in [4.78, 5) is 30.8. The van der Waals surface area contributed by atoms with Crippen LogP contribution in [0.3, 0.4) is 0 Å². The number of ether oxygens (including phenoxy) is 1. The fourth-order valence-electron chi connectivity index (χ4n) is 2.92. The molecular weight excluding hydrogens is 356 g/mol. The number of thiazole rings is 1. The molecule has 3 aromatic rings. The van der Waals surface area contributed by atoms with Gasteiger partial charge in [0.25, 0.3) is 5.91 Å². The number of nitrogens with zero attached hydrogens (tertiary/aromatic N) is 2. The number of carbonyl (C=O) groups excluding carboxylic acids is 2. The van der Waals surface area contributed by atoms with Crippen LogP contribution in [0.15, 0.2) is 51.0 Å². The molecule has 1 amide bonds. The lowest BCUT2D eigenvalue weighted by Gasteiger charge is -2.22. The standard InChI is InChI=1S/C18H16N2O5S/c21-17(15-6-3-9-24-15)20-7-1-4-13(20)18(22)25-10-12-11-26-16(19-12)14-5-2-8-23-14/h2-3,5-6,8-9,11,13H,1,4,7,10H2/t13-/m0/s1. The second kappa shape index (κ2) is 7.17. The van der Waals surface area contributed by atoms with Gasteiger partial charge in [0.05, 0.1) is 18.2 Å². The van der Waals surface area contributed by atoms with Gasteiger partial charge in [-0.2, -0.15) is 0 Å². The molecule has 1 fully saturated rings. The van der Waals surface area contributed by atoms with Gasteiger partial charge in [0, 0.05) is 11.9 Å². The van der Waals surface area contributed by atoms with Crippen molar-refractivity contribution < 1.29 is 23.2 Å². The highest BCUT2D eigenvalue weighted by molar-refractivity contribution is 7.13. The smallest absolute Gasteiger partial charge is 0.329 e. The molecule has 1 aliphatic heterocycles. The Morgan fingerprint density at radius 1 is 1.27 bits per heavy atom. The van der Waals surface area contributed by atoms with E-state index in [0.717, 1.165) is 11.4 Å². The van der Waals surface area contributed by atoms with Crippen molar-refractivity contribution in [3.8, 4) is 10.8 Å². The Morgan fingerprint density at radius 3 is 2.88 bits per heavy atom. The molecule has 3 aromatic heterocycles. The molecule has 4 heterocycles. The molecule has 1 saturated heterocycles. The van der Waals surface area contributed by atoms with E-state index < -0.39 is 12.0 Å². The first-order chi connectivity index (χ1) is 12.7. The van der Waals surface area contributed by atoms with Crippen molar-refractivity contribution in [2.75, 3.05) is 6.54 Å². The van der Waals surface area contributed by atoms with E-state index in [1.165, 1.54) is 22.5 Å². The van der Waals surface area contributed by atoms with Gasteiger partial charge in [-0.15, -0.1) is 11.3 Å². The van der Waals surface area contributed by atoms with E-state index in [1.807, 2.05) is 11.4 Å². The van der Waals surface area contributed by atoms with E-state index in [4.69, 9.17) is 13.6 Å². The maximum absolute atomic E-state index is 12.4. The van der Waals surface area contributed by atoms with Crippen molar-refractivity contribution in [2.45, 2.75) is 25.5 Å². The average molecular weight is 372 g/mol. The zero-order chi connectivity index (χ0) is 17.9. The lowest BCUT2D eigenvalue weighted by atomic mass is 10.2. The fraction of sp³-hybridized carbons (Fsp3) is 0.278. The highest BCUT2D eigenvalue weighted by Crippen LogP contribution is 2.25. The third-order valence-electron chi connectivity index (χ3n) is 4.16. The molecule has 7 nitrogen and oxygen atoms in total. The van der Waals surface area contributed by atoms with E-state index in [1.54, 1.807) is 24.5 Å². The van der Waals surface area contributed by atoms with Crippen molar-refractivity contribution in [1.29, 1.82) is 0 Å². The largest absolute Gasteiger partial charge is 0.462 e. The minimum absolute atomic E-state index is 0.0648. The molecule has 0 spiro atoms. The van der Waals surface area contributed by atoms with Gasteiger partial charge in [-0.25, -0.2) is 9.78 Å². The quantitative estimate of drug-likeness (QED) is 0.639. The van der Waals surface area contributed by atoms with Crippen molar-refractivity contribution in [3.05, 3.63) is 53.6 Å². The van der Waals surface area contributed by atoms with Crippen LogP contribution >= 0.6 is 11.3 Å². The van der Waals surface area contributed by atoms with Crippen molar-refractivity contribution in [1.82, 2.24) is 9.88 Å². The molecular formula is C18H16N2O5S. The van der Waals surface area contributed by atoms with Gasteiger partial charge in [0.2, 0.25) is 0 Å². The topological polar surface area (TPSA) is 85.8 Å². The summed E-state index contributed by atoms with van der Waals surface area (Å²) < 4.78 is 15.8. The summed E-state index contributed by atoms with van der Waals surface area (Å²) in [7, 11) is 0. The number of carbonyl (C=O) groups is 2. The predicted octanol–water partition coefficient (Wildman–Crippen LogP) is 3.34. The minimum atomic E-state index is -0.587. The van der Waals surface area contributed by atoms with E-state index >= 15 is 0 Å². The number of amides is 1. The van der Waals surface area contributed by atoms with E-state index in [2.05, 4.69) is 4.98 Å². The Kier molecular flexibility index (Phi) is 4.57. The first-order valence-corrected chi connectivity index (χ1v) is 9.10. The molecule has 0 radical (unpaired) electrons. The van der Waals surface area contributed by atoms with Crippen LogP contribution in [0, 0.1) is 0 Å². The number of esters is 1. The van der Waals surface area contributed by atoms with E-state index in [0.29, 0.717) is 24.4 Å². The van der Waals surface area contributed by atoms with Gasteiger partial charge in [0.1, 0.15) is 12.6 Å². The SMILES string of the molecule is O=C(OCc1csc(-c2ccco2)n1)[C@@H]1CCCN1C(=O)c1ccco1. The van der Waals surface area contributed by atoms with Crippen molar-refractivity contribution in [3.63, 3.8) is 0 Å². The summed E-state index contributed by atoms with van der Waals surface area (Å²) in [5.41, 5.74) is 0.650. The summed E-state index contributed by atoms with van der Waals surface area (Å²) >= 11 is 1.42. The Bertz CT molecular complexity index is 885. The summed E-state index contributed by atoms with van der Waals surface area (Å²) in [5, 5.41) is 2.56. The predicted molar refractivity (Wildman–Crippen MR) is 92.4 cm³/mol. The number of likely N-dealkylation sites (tertiary alicyclic amines) is 1. The number of aromatic nitrogens is 1. The van der Waals surface area contributed by atoms with Gasteiger partial charge in [0.15, 0.2) is 16.5 Å². The molecule has 134 valence electrons. The highest BCUT2D eigenvalue weighted by atomic mass is 32.1. The van der Waals surface area contributed by atoms with Gasteiger partial charge in [-0.3, -0.25) is 4.79 Å². The normalized spacial score (nSPS) is 16.8. The van der Waals surface area contributed by atoms with Crippen LogP contribution in [0.2, 0.25) is 0 Å². The Balaban J connectivity index is 1.38. The Morgan fingerprint density at radius 2 is 2.12 bits per heavy atom. The van der Waals surface area contributed by atoms with Crippen molar-refractivity contribution >= 4 is 23.2 Å². The van der Waals surface area contributed by atoms with Gasteiger partial charge >= 0.3 is 5.97 Å². The monoisotopic (exact) mass is 372 g/mol. The first-order valence-electron chi connectivity index (χ1n) is 8.22. The molecule has 8 heteroatoms. The first kappa shape index (κ1) is 16.6. The highest BCUT2D eigenvalue weighted by Gasteiger charge is 2.36. The van der Waals surface area contributed by atoms with E-state index in [9.17, 15) is 9.59 Å². The summed E-state index contributed by atoms with van der Waals surface area (Å²) in [6.07, 6.45) is 4.36. The van der Waals surface area contributed by atoms with Crippen LogP contribution in [-0.4, -0.2) is 34.3 Å². The van der Waals surface area contributed by atoms with Gasteiger partial charge in [-0.05, 0) is 37.1 Å². The van der Waals surface area contributed by atoms with E-state index in [-0.39, 0.29) is 18.3 Å². The molecule has 26 heavy (non-hydrogen) atoms. The Hall–Kier alpha value is -2.87. The number of rotatable bonds is 5. The molecule has 0 N–H and O–H groups in total.